The molecular formula is C43H42O. The molecule has 6 atom stereocenters. The molecule has 9 rings (SSSR count). The Morgan fingerprint density at radius 3 is 2.48 bits per heavy atom. The fourth-order valence-electron chi connectivity index (χ4n) is 9.59. The Balaban J connectivity index is 1.17. The van der Waals surface area contributed by atoms with Crippen molar-refractivity contribution >= 4 is 27.1 Å². The monoisotopic (exact) mass is 574 g/mol. The van der Waals surface area contributed by atoms with Gasteiger partial charge in [0.2, 0.25) is 0 Å². The van der Waals surface area contributed by atoms with Crippen molar-refractivity contribution in [2.75, 3.05) is 0 Å². The van der Waals surface area contributed by atoms with E-state index in [1.165, 1.54) is 70.4 Å². The summed E-state index contributed by atoms with van der Waals surface area (Å²) in [7, 11) is 0. The first-order valence-corrected chi connectivity index (χ1v) is 17.1. The number of ether oxygens (including phenoxy) is 1. The highest BCUT2D eigenvalue weighted by Crippen LogP contribution is 2.55. The Labute approximate surface area is 262 Å². The average molecular weight is 575 g/mol. The molecule has 220 valence electrons. The van der Waals surface area contributed by atoms with E-state index in [0.29, 0.717) is 29.6 Å². The lowest BCUT2D eigenvalue weighted by molar-refractivity contribution is 0.0166. The SMILES string of the molecule is CC12CC(c3ccc4c(C5C=CCCC5)c5ccccc5c(C5CC=CCC5)c4c3)=CCC1C1=C(C=CC3C=CC=CC13)O2. The summed E-state index contributed by atoms with van der Waals surface area (Å²) in [6, 6.07) is 16.8. The molecule has 1 aliphatic heterocycles. The molecule has 3 aromatic carbocycles. The van der Waals surface area contributed by atoms with E-state index in [1.54, 1.807) is 11.1 Å². The molecule has 0 bridgehead atoms. The Kier molecular flexibility index (Phi) is 6.26. The molecule has 44 heavy (non-hydrogen) atoms. The van der Waals surface area contributed by atoms with Crippen LogP contribution in [0.15, 0.2) is 121 Å². The van der Waals surface area contributed by atoms with Gasteiger partial charge in [-0.15, -0.1) is 0 Å². The van der Waals surface area contributed by atoms with Crippen molar-refractivity contribution in [3.63, 3.8) is 0 Å². The molecule has 0 spiro atoms. The lowest BCUT2D eigenvalue weighted by Gasteiger charge is -2.38. The minimum Gasteiger partial charge on any atom is -0.487 e. The van der Waals surface area contributed by atoms with Gasteiger partial charge >= 0.3 is 0 Å². The fraction of sp³-hybridized carbons (Fsp3) is 0.349. The van der Waals surface area contributed by atoms with Gasteiger partial charge < -0.3 is 4.74 Å². The van der Waals surface area contributed by atoms with Crippen molar-refractivity contribution in [3.05, 3.63) is 137 Å². The summed E-state index contributed by atoms with van der Waals surface area (Å²) in [4.78, 5) is 0. The summed E-state index contributed by atoms with van der Waals surface area (Å²) in [6.45, 7) is 2.37. The molecule has 3 aromatic rings. The van der Waals surface area contributed by atoms with Crippen LogP contribution in [0.5, 0.6) is 0 Å². The molecule has 0 radical (unpaired) electrons. The zero-order valence-electron chi connectivity index (χ0n) is 25.8. The molecular weight excluding hydrogens is 532 g/mol. The van der Waals surface area contributed by atoms with Crippen LogP contribution in [0.1, 0.15) is 86.8 Å². The minimum absolute atomic E-state index is 0.198. The van der Waals surface area contributed by atoms with Gasteiger partial charge in [0, 0.05) is 30.1 Å². The molecule has 1 nitrogen and oxygen atoms in total. The number of hydrogen-bond donors (Lipinski definition) is 0. The lowest BCUT2D eigenvalue weighted by atomic mass is 9.67. The second-order valence-electron chi connectivity index (χ2n) is 14.2. The van der Waals surface area contributed by atoms with E-state index < -0.39 is 0 Å². The standard InChI is InChI=1S/C43H42O/c1-43-27-32(21-24-38(43)42-33-17-9-8-12-28(33)22-25-39(42)44-43)31-20-23-36-37(26-31)41(30-15-6-3-7-16-30)35-19-11-10-18-34(35)40(36)29-13-4-2-5-14-29/h3-4,6,8-13,17-23,25-26,28-30,33,38H,2,5,7,14-16,24,27H2,1H3. The average Bonchev–Trinajstić information content (AvgIpc) is 3.39. The van der Waals surface area contributed by atoms with E-state index in [9.17, 15) is 0 Å². The van der Waals surface area contributed by atoms with E-state index in [1.807, 2.05) is 0 Å². The summed E-state index contributed by atoms with van der Waals surface area (Å²) in [6.07, 6.45) is 35.3. The van der Waals surface area contributed by atoms with E-state index in [0.717, 1.165) is 25.0 Å². The molecule has 0 saturated carbocycles. The van der Waals surface area contributed by atoms with Crippen LogP contribution < -0.4 is 0 Å². The second kappa shape index (κ2) is 10.4. The molecule has 1 heteroatoms. The lowest BCUT2D eigenvalue weighted by Crippen LogP contribution is -2.37. The largest absolute Gasteiger partial charge is 0.487 e. The van der Waals surface area contributed by atoms with Crippen LogP contribution in [0.25, 0.3) is 27.1 Å². The van der Waals surface area contributed by atoms with Crippen LogP contribution in [0.3, 0.4) is 0 Å². The quantitative estimate of drug-likeness (QED) is 0.223. The van der Waals surface area contributed by atoms with Gasteiger partial charge in [-0.25, -0.2) is 0 Å². The van der Waals surface area contributed by atoms with Crippen LogP contribution in [0.4, 0.5) is 0 Å². The van der Waals surface area contributed by atoms with Gasteiger partial charge in [0.05, 0.1) is 0 Å². The molecule has 0 aromatic heterocycles. The van der Waals surface area contributed by atoms with Gasteiger partial charge in [0.15, 0.2) is 0 Å². The van der Waals surface area contributed by atoms with Crippen LogP contribution in [-0.2, 0) is 4.74 Å². The van der Waals surface area contributed by atoms with Crippen molar-refractivity contribution in [1.82, 2.24) is 0 Å². The summed E-state index contributed by atoms with van der Waals surface area (Å²) in [5.41, 5.74) is 7.28. The van der Waals surface area contributed by atoms with Crippen LogP contribution >= 0.6 is 0 Å². The molecule has 5 aliphatic carbocycles. The summed E-state index contributed by atoms with van der Waals surface area (Å²) in [5.74, 6) is 3.53. The van der Waals surface area contributed by atoms with E-state index in [-0.39, 0.29) is 5.60 Å². The Hall–Kier alpha value is -3.84. The van der Waals surface area contributed by atoms with E-state index in [2.05, 4.69) is 116 Å². The molecule has 0 saturated heterocycles. The molecule has 0 N–H and O–H groups in total. The van der Waals surface area contributed by atoms with Gasteiger partial charge in [-0.05, 0) is 119 Å². The van der Waals surface area contributed by atoms with Gasteiger partial charge in [-0.2, -0.15) is 0 Å². The predicted molar refractivity (Wildman–Crippen MR) is 185 cm³/mol. The Morgan fingerprint density at radius 1 is 0.773 bits per heavy atom. The third kappa shape index (κ3) is 4.12. The first-order chi connectivity index (χ1) is 21.7. The smallest absolute Gasteiger partial charge is 0.120 e. The highest BCUT2D eigenvalue weighted by molar-refractivity contribution is 6.07. The van der Waals surface area contributed by atoms with Crippen molar-refractivity contribution in [2.45, 2.75) is 75.7 Å². The third-order valence-electron chi connectivity index (χ3n) is 11.7. The first kappa shape index (κ1) is 26.6. The van der Waals surface area contributed by atoms with Crippen molar-refractivity contribution < 1.29 is 4.74 Å². The maximum absolute atomic E-state index is 6.90. The normalized spacial score (nSPS) is 32.0. The molecule has 6 aliphatic rings. The maximum Gasteiger partial charge on any atom is 0.120 e. The zero-order valence-corrected chi connectivity index (χ0v) is 25.8. The highest BCUT2D eigenvalue weighted by Gasteiger charge is 2.50. The van der Waals surface area contributed by atoms with Crippen molar-refractivity contribution in [1.29, 1.82) is 0 Å². The Bertz CT molecular complexity index is 1890. The molecule has 0 fully saturated rings. The topological polar surface area (TPSA) is 9.23 Å². The number of allylic oxidation sites excluding steroid dienone is 11. The van der Waals surface area contributed by atoms with Crippen LogP contribution in [0, 0.1) is 17.8 Å². The zero-order chi connectivity index (χ0) is 29.3. The second-order valence-corrected chi connectivity index (χ2v) is 14.2. The van der Waals surface area contributed by atoms with Gasteiger partial charge in [0.1, 0.15) is 11.4 Å². The van der Waals surface area contributed by atoms with Gasteiger partial charge in [-0.1, -0.05) is 97.2 Å². The first-order valence-electron chi connectivity index (χ1n) is 17.1. The number of fused-ring (bicyclic) bond motifs is 6. The maximum atomic E-state index is 6.90. The summed E-state index contributed by atoms with van der Waals surface area (Å²) in [5, 5.41) is 5.90. The van der Waals surface area contributed by atoms with E-state index >= 15 is 0 Å². The van der Waals surface area contributed by atoms with Crippen LogP contribution in [0.2, 0.25) is 0 Å². The van der Waals surface area contributed by atoms with Crippen LogP contribution in [-0.4, -0.2) is 5.60 Å². The highest BCUT2D eigenvalue weighted by atomic mass is 16.5. The number of benzene rings is 3. The number of rotatable bonds is 3. The number of hydrogen-bond acceptors (Lipinski definition) is 1. The minimum atomic E-state index is -0.198. The van der Waals surface area contributed by atoms with Gasteiger partial charge in [-0.3, -0.25) is 0 Å². The van der Waals surface area contributed by atoms with E-state index in [4.69, 9.17) is 4.74 Å². The Morgan fingerprint density at radius 2 is 1.64 bits per heavy atom. The van der Waals surface area contributed by atoms with Crippen molar-refractivity contribution in [3.8, 4) is 0 Å². The van der Waals surface area contributed by atoms with Crippen molar-refractivity contribution in [2.24, 2.45) is 17.8 Å². The van der Waals surface area contributed by atoms with Gasteiger partial charge in [0.25, 0.3) is 0 Å². The summed E-state index contributed by atoms with van der Waals surface area (Å²) >= 11 is 0. The molecule has 0 amide bonds. The fourth-order valence-corrected chi connectivity index (χ4v) is 9.59. The molecule has 1 heterocycles. The predicted octanol–water partition coefficient (Wildman–Crippen LogP) is 11.4. The summed E-state index contributed by atoms with van der Waals surface area (Å²) < 4.78 is 6.90. The third-order valence-corrected chi connectivity index (χ3v) is 11.7. The molecule has 6 unspecified atom stereocenters.